The number of alkyl halides is 3. The highest BCUT2D eigenvalue weighted by atomic mass is 19.4. The Hall–Kier alpha value is -2.31. The van der Waals surface area contributed by atoms with Crippen molar-refractivity contribution in [3.63, 3.8) is 0 Å². The van der Waals surface area contributed by atoms with E-state index in [0.29, 0.717) is 42.9 Å². The zero-order valence-electron chi connectivity index (χ0n) is 14.9. The fraction of sp³-hybridized carbons (Fsp3) is 0.474. The predicted octanol–water partition coefficient (Wildman–Crippen LogP) is 4.14. The van der Waals surface area contributed by atoms with Crippen molar-refractivity contribution < 1.29 is 18.0 Å². The number of fused-ring (bicyclic) bond motifs is 1. The van der Waals surface area contributed by atoms with Crippen LogP contribution in [0.1, 0.15) is 49.2 Å². The molecule has 0 bridgehead atoms. The number of halogens is 3. The third-order valence-electron chi connectivity index (χ3n) is 4.83. The third kappa shape index (κ3) is 3.61. The molecule has 26 heavy (non-hydrogen) atoms. The largest absolute Gasteiger partial charge is 0.435 e. The van der Waals surface area contributed by atoms with Gasteiger partial charge in [-0.05, 0) is 50.3 Å². The first kappa shape index (κ1) is 18.5. The number of benzene rings is 1. The molecule has 0 fully saturated rings. The first-order valence-electron chi connectivity index (χ1n) is 8.84. The molecule has 1 aromatic heterocycles. The Balaban J connectivity index is 1.92. The molecule has 4 nitrogen and oxygen atoms in total. The molecule has 0 aliphatic heterocycles. The summed E-state index contributed by atoms with van der Waals surface area (Å²) in [6.07, 6.45) is -1.77. The van der Waals surface area contributed by atoms with Gasteiger partial charge in [-0.3, -0.25) is 4.79 Å². The summed E-state index contributed by atoms with van der Waals surface area (Å²) in [5.74, 6) is -0.00691. The highest BCUT2D eigenvalue weighted by molar-refractivity contribution is 5.73. The number of hydrogen-bond acceptors (Lipinski definition) is 2. The maximum atomic E-state index is 13.3. The first-order valence-corrected chi connectivity index (χ1v) is 8.84. The van der Waals surface area contributed by atoms with Crippen LogP contribution in [0.5, 0.6) is 0 Å². The van der Waals surface area contributed by atoms with Gasteiger partial charge in [0.1, 0.15) is 0 Å². The van der Waals surface area contributed by atoms with E-state index in [4.69, 9.17) is 0 Å². The molecular formula is C19H22F3N3O. The van der Waals surface area contributed by atoms with Gasteiger partial charge in [-0.2, -0.15) is 18.3 Å². The molecule has 1 aliphatic carbocycles. The number of aromatic nitrogens is 2. The standard InChI is InChI=1S/C19H22F3N3O/c1-3-24(13(2)26)12-14-8-10-15(11-9-14)25-17-7-5-4-6-16(17)18(23-25)19(20,21)22/h8-11H,3-7,12H2,1-2H3. The SMILES string of the molecule is CCN(Cc1ccc(-n2nc(C(F)(F)F)c3c2CCCC3)cc1)C(C)=O. The van der Waals surface area contributed by atoms with Crippen LogP contribution in [-0.2, 0) is 30.4 Å². The van der Waals surface area contributed by atoms with E-state index in [1.807, 2.05) is 19.1 Å². The molecule has 2 aromatic rings. The van der Waals surface area contributed by atoms with E-state index in [2.05, 4.69) is 5.10 Å². The van der Waals surface area contributed by atoms with Crippen LogP contribution in [0.2, 0.25) is 0 Å². The van der Waals surface area contributed by atoms with Crippen LogP contribution in [0.15, 0.2) is 24.3 Å². The molecule has 0 spiro atoms. The maximum Gasteiger partial charge on any atom is 0.435 e. The molecule has 0 N–H and O–H groups in total. The highest BCUT2D eigenvalue weighted by Gasteiger charge is 2.39. The lowest BCUT2D eigenvalue weighted by Gasteiger charge is -2.19. The minimum absolute atomic E-state index is 0.00691. The molecule has 1 aliphatic rings. The van der Waals surface area contributed by atoms with Gasteiger partial charge in [-0.1, -0.05) is 12.1 Å². The fourth-order valence-electron chi connectivity index (χ4n) is 3.45. The summed E-state index contributed by atoms with van der Waals surface area (Å²) in [7, 11) is 0. The van der Waals surface area contributed by atoms with E-state index in [9.17, 15) is 18.0 Å². The zero-order chi connectivity index (χ0) is 18.9. The minimum Gasteiger partial charge on any atom is -0.339 e. The summed E-state index contributed by atoms with van der Waals surface area (Å²) in [5.41, 5.74) is 1.79. The van der Waals surface area contributed by atoms with Gasteiger partial charge in [0.25, 0.3) is 0 Å². The van der Waals surface area contributed by atoms with E-state index >= 15 is 0 Å². The summed E-state index contributed by atoms with van der Waals surface area (Å²) < 4.78 is 41.4. The zero-order valence-corrected chi connectivity index (χ0v) is 14.9. The number of hydrogen-bond donors (Lipinski definition) is 0. The van der Waals surface area contributed by atoms with Gasteiger partial charge < -0.3 is 4.90 Å². The minimum atomic E-state index is -4.43. The number of rotatable bonds is 4. The van der Waals surface area contributed by atoms with Crippen molar-refractivity contribution in [2.75, 3.05) is 6.54 Å². The quantitative estimate of drug-likeness (QED) is 0.817. The maximum absolute atomic E-state index is 13.3. The summed E-state index contributed by atoms with van der Waals surface area (Å²) in [4.78, 5) is 13.2. The summed E-state index contributed by atoms with van der Waals surface area (Å²) >= 11 is 0. The predicted molar refractivity (Wildman–Crippen MR) is 92.0 cm³/mol. The Morgan fingerprint density at radius 2 is 1.85 bits per heavy atom. The number of amides is 1. The van der Waals surface area contributed by atoms with Gasteiger partial charge in [0.15, 0.2) is 5.69 Å². The van der Waals surface area contributed by atoms with Crippen molar-refractivity contribution in [3.8, 4) is 5.69 Å². The van der Waals surface area contributed by atoms with Crippen LogP contribution in [0, 0.1) is 0 Å². The van der Waals surface area contributed by atoms with Gasteiger partial charge >= 0.3 is 6.18 Å². The van der Waals surface area contributed by atoms with Crippen molar-refractivity contribution in [2.45, 2.75) is 52.3 Å². The van der Waals surface area contributed by atoms with Crippen LogP contribution < -0.4 is 0 Å². The van der Waals surface area contributed by atoms with Gasteiger partial charge in [-0.15, -0.1) is 0 Å². The smallest absolute Gasteiger partial charge is 0.339 e. The van der Waals surface area contributed by atoms with Crippen molar-refractivity contribution >= 4 is 5.91 Å². The van der Waals surface area contributed by atoms with E-state index in [-0.39, 0.29) is 5.91 Å². The van der Waals surface area contributed by atoms with E-state index in [1.165, 1.54) is 11.6 Å². The number of nitrogens with zero attached hydrogens (tertiary/aromatic N) is 3. The fourth-order valence-corrected chi connectivity index (χ4v) is 3.45. The van der Waals surface area contributed by atoms with E-state index in [0.717, 1.165) is 18.4 Å². The van der Waals surface area contributed by atoms with Crippen molar-refractivity contribution in [1.82, 2.24) is 14.7 Å². The second kappa shape index (κ2) is 7.13. The normalized spacial score (nSPS) is 14.2. The van der Waals surface area contributed by atoms with Crippen molar-refractivity contribution in [3.05, 3.63) is 46.8 Å². The lowest BCUT2D eigenvalue weighted by atomic mass is 9.95. The molecule has 0 radical (unpaired) electrons. The Kier molecular flexibility index (Phi) is 5.07. The van der Waals surface area contributed by atoms with Crippen LogP contribution >= 0.6 is 0 Å². The average Bonchev–Trinajstić information content (AvgIpc) is 3.00. The second-order valence-corrected chi connectivity index (χ2v) is 6.59. The van der Waals surface area contributed by atoms with Gasteiger partial charge in [0, 0.05) is 31.3 Å². The summed E-state index contributed by atoms with van der Waals surface area (Å²) in [6.45, 7) is 4.52. The van der Waals surface area contributed by atoms with Crippen LogP contribution in [-0.4, -0.2) is 27.1 Å². The second-order valence-electron chi connectivity index (χ2n) is 6.59. The Labute approximate surface area is 150 Å². The molecule has 0 saturated heterocycles. The Morgan fingerprint density at radius 3 is 2.42 bits per heavy atom. The molecule has 3 rings (SSSR count). The number of carbonyl (C=O) groups excluding carboxylic acids is 1. The average molecular weight is 365 g/mol. The molecule has 0 unspecified atom stereocenters. The Bertz CT molecular complexity index is 794. The summed E-state index contributed by atoms with van der Waals surface area (Å²) in [6, 6.07) is 7.22. The molecule has 0 atom stereocenters. The van der Waals surface area contributed by atoms with Crippen LogP contribution in [0.4, 0.5) is 13.2 Å². The lowest BCUT2D eigenvalue weighted by molar-refractivity contribution is -0.142. The molecular weight excluding hydrogens is 343 g/mol. The molecule has 0 saturated carbocycles. The van der Waals surface area contributed by atoms with Crippen molar-refractivity contribution in [1.29, 1.82) is 0 Å². The number of carbonyl (C=O) groups is 1. The molecule has 140 valence electrons. The Morgan fingerprint density at radius 1 is 1.19 bits per heavy atom. The topological polar surface area (TPSA) is 38.1 Å². The monoisotopic (exact) mass is 365 g/mol. The summed E-state index contributed by atoms with van der Waals surface area (Å²) in [5, 5.41) is 3.90. The van der Waals surface area contributed by atoms with Crippen LogP contribution in [0.3, 0.4) is 0 Å². The molecule has 1 aromatic carbocycles. The molecule has 1 amide bonds. The molecule has 1 heterocycles. The van der Waals surface area contributed by atoms with E-state index in [1.54, 1.807) is 17.0 Å². The van der Waals surface area contributed by atoms with Gasteiger partial charge in [-0.25, -0.2) is 4.68 Å². The molecule has 7 heteroatoms. The van der Waals surface area contributed by atoms with Crippen molar-refractivity contribution in [2.24, 2.45) is 0 Å². The van der Waals surface area contributed by atoms with Gasteiger partial charge in [0.2, 0.25) is 5.91 Å². The highest BCUT2D eigenvalue weighted by Crippen LogP contribution is 2.36. The third-order valence-corrected chi connectivity index (χ3v) is 4.83. The van der Waals surface area contributed by atoms with E-state index < -0.39 is 11.9 Å². The van der Waals surface area contributed by atoms with Gasteiger partial charge in [0.05, 0.1) is 5.69 Å². The van der Waals surface area contributed by atoms with Crippen LogP contribution in [0.25, 0.3) is 5.69 Å². The first-order chi connectivity index (χ1) is 12.3. The lowest BCUT2D eigenvalue weighted by Crippen LogP contribution is -2.27.